The van der Waals surface area contributed by atoms with Crippen molar-refractivity contribution in [3.8, 4) is 0 Å². The van der Waals surface area contributed by atoms with E-state index in [-0.39, 0.29) is 24.9 Å². The maximum absolute atomic E-state index is 13.2. The first-order valence-corrected chi connectivity index (χ1v) is 6.03. The van der Waals surface area contributed by atoms with E-state index in [1.807, 2.05) is 20.8 Å². The van der Waals surface area contributed by atoms with Crippen LogP contribution in [-0.4, -0.2) is 43.7 Å². The Kier molecular flexibility index (Phi) is 4.00. The molecule has 0 aromatic carbocycles. The maximum atomic E-state index is 13.2. The van der Waals surface area contributed by atoms with Gasteiger partial charge in [-0.1, -0.05) is 20.8 Å². The van der Waals surface area contributed by atoms with E-state index in [2.05, 4.69) is 5.32 Å². The van der Waals surface area contributed by atoms with Gasteiger partial charge in [0, 0.05) is 20.1 Å². The second-order valence-electron chi connectivity index (χ2n) is 6.23. The van der Waals surface area contributed by atoms with E-state index in [1.54, 1.807) is 0 Å². The SMILES string of the molecule is CN(CC(C)(C)C)C(=O)C1(C(F)(F)F)CCNC1. The van der Waals surface area contributed by atoms with Gasteiger partial charge >= 0.3 is 6.18 Å². The van der Waals surface area contributed by atoms with Crippen LogP contribution in [-0.2, 0) is 4.79 Å². The van der Waals surface area contributed by atoms with Crippen LogP contribution in [0.15, 0.2) is 0 Å². The largest absolute Gasteiger partial charge is 0.404 e. The van der Waals surface area contributed by atoms with E-state index in [0.29, 0.717) is 6.54 Å². The van der Waals surface area contributed by atoms with Gasteiger partial charge in [0.15, 0.2) is 5.41 Å². The third-order valence-corrected chi connectivity index (χ3v) is 3.17. The minimum atomic E-state index is -4.50. The van der Waals surface area contributed by atoms with Gasteiger partial charge in [-0.2, -0.15) is 13.2 Å². The Morgan fingerprint density at radius 2 is 1.89 bits per heavy atom. The van der Waals surface area contributed by atoms with E-state index in [9.17, 15) is 18.0 Å². The van der Waals surface area contributed by atoms with E-state index in [1.165, 1.54) is 11.9 Å². The molecule has 1 atom stereocenters. The Balaban J connectivity index is 2.92. The fourth-order valence-corrected chi connectivity index (χ4v) is 2.39. The second kappa shape index (κ2) is 4.72. The van der Waals surface area contributed by atoms with Gasteiger partial charge in [0.1, 0.15) is 0 Å². The molecule has 0 spiro atoms. The zero-order chi connectivity index (χ0) is 14.2. The third kappa shape index (κ3) is 2.96. The third-order valence-electron chi connectivity index (χ3n) is 3.17. The molecule has 1 heterocycles. The lowest BCUT2D eigenvalue weighted by Gasteiger charge is -2.36. The molecule has 1 amide bonds. The van der Waals surface area contributed by atoms with Crippen LogP contribution in [0.3, 0.4) is 0 Å². The van der Waals surface area contributed by atoms with Crippen LogP contribution >= 0.6 is 0 Å². The Morgan fingerprint density at radius 3 is 2.22 bits per heavy atom. The lowest BCUT2D eigenvalue weighted by molar-refractivity contribution is -0.221. The number of hydrogen-bond donors (Lipinski definition) is 1. The maximum Gasteiger partial charge on any atom is 0.404 e. The van der Waals surface area contributed by atoms with Crippen molar-refractivity contribution in [2.45, 2.75) is 33.4 Å². The van der Waals surface area contributed by atoms with Gasteiger partial charge in [-0.3, -0.25) is 4.79 Å². The van der Waals surface area contributed by atoms with Crippen molar-refractivity contribution in [2.75, 3.05) is 26.7 Å². The number of amides is 1. The molecule has 1 unspecified atom stereocenters. The normalized spacial score (nSPS) is 25.3. The first-order chi connectivity index (χ1) is 8.00. The molecule has 1 N–H and O–H groups in total. The lowest BCUT2D eigenvalue weighted by Crippen LogP contribution is -2.53. The van der Waals surface area contributed by atoms with Crippen LogP contribution in [0.4, 0.5) is 13.2 Å². The Morgan fingerprint density at radius 1 is 1.33 bits per heavy atom. The van der Waals surface area contributed by atoms with Crippen molar-refractivity contribution in [1.82, 2.24) is 10.2 Å². The van der Waals surface area contributed by atoms with Crippen LogP contribution in [0.1, 0.15) is 27.2 Å². The number of carbonyl (C=O) groups is 1. The van der Waals surface area contributed by atoms with Crippen LogP contribution in [0.2, 0.25) is 0 Å². The summed E-state index contributed by atoms with van der Waals surface area (Å²) in [6, 6.07) is 0. The molecule has 1 fully saturated rings. The van der Waals surface area contributed by atoms with Gasteiger partial charge in [0.05, 0.1) is 0 Å². The first-order valence-electron chi connectivity index (χ1n) is 6.03. The summed E-state index contributed by atoms with van der Waals surface area (Å²) in [5.41, 5.74) is -2.46. The number of nitrogens with zero attached hydrogens (tertiary/aromatic N) is 1. The van der Waals surface area contributed by atoms with Crippen molar-refractivity contribution in [3.63, 3.8) is 0 Å². The average molecular weight is 266 g/mol. The van der Waals surface area contributed by atoms with Crippen LogP contribution in [0.25, 0.3) is 0 Å². The first kappa shape index (κ1) is 15.3. The minimum absolute atomic E-state index is 0.177. The summed E-state index contributed by atoms with van der Waals surface area (Å²) in [4.78, 5) is 13.4. The van der Waals surface area contributed by atoms with Gasteiger partial charge in [0.2, 0.25) is 5.91 Å². The summed E-state index contributed by atoms with van der Waals surface area (Å²) in [5.74, 6) is -0.824. The van der Waals surface area contributed by atoms with Gasteiger partial charge < -0.3 is 10.2 Å². The zero-order valence-corrected chi connectivity index (χ0v) is 11.3. The number of nitrogens with one attached hydrogen (secondary N) is 1. The molecule has 6 heteroatoms. The highest BCUT2D eigenvalue weighted by molar-refractivity contribution is 5.84. The van der Waals surface area contributed by atoms with Gasteiger partial charge in [-0.05, 0) is 18.4 Å². The number of hydrogen-bond acceptors (Lipinski definition) is 2. The number of halogens is 3. The van der Waals surface area contributed by atoms with Crippen molar-refractivity contribution < 1.29 is 18.0 Å². The smallest absolute Gasteiger partial charge is 0.344 e. The summed E-state index contributed by atoms with van der Waals surface area (Å²) in [6.07, 6.45) is -4.68. The van der Waals surface area contributed by atoms with E-state index in [0.717, 1.165) is 0 Å². The zero-order valence-electron chi connectivity index (χ0n) is 11.3. The minimum Gasteiger partial charge on any atom is -0.344 e. The molecule has 1 aliphatic rings. The van der Waals surface area contributed by atoms with Crippen molar-refractivity contribution in [1.29, 1.82) is 0 Å². The highest BCUT2D eigenvalue weighted by atomic mass is 19.4. The Hall–Kier alpha value is -0.780. The highest BCUT2D eigenvalue weighted by Crippen LogP contribution is 2.44. The molecule has 18 heavy (non-hydrogen) atoms. The summed E-state index contributed by atoms with van der Waals surface area (Å²) in [5, 5.41) is 2.65. The second-order valence-corrected chi connectivity index (χ2v) is 6.23. The summed E-state index contributed by atoms with van der Waals surface area (Å²) in [6.45, 7) is 5.90. The van der Waals surface area contributed by atoms with E-state index >= 15 is 0 Å². The lowest BCUT2D eigenvalue weighted by atomic mass is 9.84. The Labute approximate surface area is 106 Å². The van der Waals surface area contributed by atoms with Gasteiger partial charge in [-0.25, -0.2) is 0 Å². The molecule has 0 saturated carbocycles. The molecule has 1 saturated heterocycles. The summed E-state index contributed by atoms with van der Waals surface area (Å²) < 4.78 is 39.5. The summed E-state index contributed by atoms with van der Waals surface area (Å²) in [7, 11) is 1.44. The van der Waals surface area contributed by atoms with E-state index in [4.69, 9.17) is 0 Å². The molecule has 0 aromatic heterocycles. The fraction of sp³-hybridized carbons (Fsp3) is 0.917. The molecule has 0 radical (unpaired) electrons. The van der Waals surface area contributed by atoms with Gasteiger partial charge in [-0.15, -0.1) is 0 Å². The van der Waals surface area contributed by atoms with E-state index < -0.39 is 17.5 Å². The fourth-order valence-electron chi connectivity index (χ4n) is 2.39. The van der Waals surface area contributed by atoms with Crippen molar-refractivity contribution in [2.24, 2.45) is 10.8 Å². The molecule has 106 valence electrons. The molecule has 0 bridgehead atoms. The van der Waals surface area contributed by atoms with Gasteiger partial charge in [0.25, 0.3) is 0 Å². The van der Waals surface area contributed by atoms with Crippen molar-refractivity contribution in [3.05, 3.63) is 0 Å². The molecule has 1 aliphatic heterocycles. The molecular weight excluding hydrogens is 245 g/mol. The Bertz CT molecular complexity index is 314. The van der Waals surface area contributed by atoms with Crippen LogP contribution in [0, 0.1) is 10.8 Å². The average Bonchev–Trinajstić information content (AvgIpc) is 2.62. The molecular formula is C12H21F3N2O. The quantitative estimate of drug-likeness (QED) is 0.829. The molecule has 1 rings (SSSR count). The van der Waals surface area contributed by atoms with Crippen LogP contribution in [0.5, 0.6) is 0 Å². The van der Waals surface area contributed by atoms with Crippen LogP contribution < -0.4 is 5.32 Å². The highest BCUT2D eigenvalue weighted by Gasteiger charge is 2.62. The predicted octanol–water partition coefficient (Wildman–Crippen LogP) is 2.03. The number of rotatable bonds is 2. The monoisotopic (exact) mass is 266 g/mol. The molecule has 0 aliphatic carbocycles. The predicted molar refractivity (Wildman–Crippen MR) is 63.1 cm³/mol. The number of carbonyl (C=O) groups excluding carboxylic acids is 1. The topological polar surface area (TPSA) is 32.3 Å². The molecule has 0 aromatic rings. The summed E-state index contributed by atoms with van der Waals surface area (Å²) >= 11 is 0. The standard InChI is InChI=1S/C12H21F3N2O/c1-10(2,3)8-17(4)9(18)11(12(13,14)15)5-6-16-7-11/h16H,5-8H2,1-4H3. The number of alkyl halides is 3. The molecule has 3 nitrogen and oxygen atoms in total. The van der Waals surface area contributed by atoms with Crippen molar-refractivity contribution >= 4 is 5.91 Å².